The summed E-state index contributed by atoms with van der Waals surface area (Å²) in [5, 5.41) is 24.9. The maximum Gasteiger partial charge on any atom is 0.411 e. The molecule has 3 N–H and O–H groups in total. The number of hydrogen-bond donors (Lipinski definition) is 3. The number of nitrogens with one attached hydrogen (secondary N) is 2. The lowest BCUT2D eigenvalue weighted by molar-refractivity contribution is -0.00443. The van der Waals surface area contributed by atoms with Crippen molar-refractivity contribution in [3.8, 4) is 6.07 Å². The molecule has 0 bridgehead atoms. The van der Waals surface area contributed by atoms with Gasteiger partial charge in [-0.3, -0.25) is 10.6 Å². The average Bonchev–Trinajstić information content (AvgIpc) is 2.38. The molecule has 0 heterocycles. The van der Waals surface area contributed by atoms with E-state index in [1.165, 1.54) is 13.0 Å². The van der Waals surface area contributed by atoms with E-state index in [0.717, 1.165) is 6.07 Å². The highest BCUT2D eigenvalue weighted by molar-refractivity contribution is 5.86. The van der Waals surface area contributed by atoms with Gasteiger partial charge in [0.2, 0.25) is 0 Å². The first-order valence-electron chi connectivity index (χ1n) is 7.19. The number of amides is 1. The zero-order chi connectivity index (χ0) is 17.8. The molecular weight excluding hydrogens is 301 g/mol. The van der Waals surface area contributed by atoms with Crippen molar-refractivity contribution in [3.05, 3.63) is 29.1 Å². The molecule has 0 aliphatic heterocycles. The van der Waals surface area contributed by atoms with Crippen molar-refractivity contribution in [1.82, 2.24) is 5.32 Å². The molecule has 7 heteroatoms. The average molecular weight is 323 g/mol. The van der Waals surface area contributed by atoms with Gasteiger partial charge in [-0.05, 0) is 46.8 Å². The van der Waals surface area contributed by atoms with Gasteiger partial charge in [0.1, 0.15) is 17.6 Å². The second kappa shape index (κ2) is 6.94. The Kier molecular flexibility index (Phi) is 5.70. The van der Waals surface area contributed by atoms with Gasteiger partial charge < -0.3 is 9.84 Å². The van der Waals surface area contributed by atoms with E-state index in [2.05, 4.69) is 15.4 Å². The van der Waals surface area contributed by atoms with Crippen molar-refractivity contribution in [2.24, 2.45) is 0 Å². The van der Waals surface area contributed by atoms with Crippen molar-refractivity contribution in [2.75, 3.05) is 11.9 Å². The number of carbonyl (C=O) groups is 1. The molecule has 1 aromatic rings. The molecule has 0 aromatic heterocycles. The van der Waals surface area contributed by atoms with Gasteiger partial charge in [-0.25, -0.2) is 9.18 Å². The van der Waals surface area contributed by atoms with Crippen molar-refractivity contribution in [3.63, 3.8) is 0 Å². The molecule has 1 unspecified atom stereocenters. The first-order chi connectivity index (χ1) is 10.5. The van der Waals surface area contributed by atoms with Crippen molar-refractivity contribution >= 4 is 11.8 Å². The highest BCUT2D eigenvalue weighted by Gasteiger charge is 2.30. The molecule has 0 aliphatic carbocycles. The molecule has 1 amide bonds. The molecule has 0 fully saturated rings. The Labute approximate surface area is 135 Å². The lowest BCUT2D eigenvalue weighted by atomic mass is 9.97. The van der Waals surface area contributed by atoms with Gasteiger partial charge >= 0.3 is 6.09 Å². The third kappa shape index (κ3) is 5.20. The number of rotatable bonds is 4. The van der Waals surface area contributed by atoms with Crippen LogP contribution in [0.1, 0.15) is 45.7 Å². The van der Waals surface area contributed by atoms with E-state index in [4.69, 9.17) is 0 Å². The summed E-state index contributed by atoms with van der Waals surface area (Å²) in [6.07, 6.45) is -0.852. The summed E-state index contributed by atoms with van der Waals surface area (Å²) in [5.74, 6) is -0.830. The van der Waals surface area contributed by atoms with Crippen LogP contribution >= 0.6 is 0 Å². The SMILES string of the molecule is CCOC(=O)Nc1c(F)cc(C(C)(O)NC(C)(C)C)cc1C#N. The maximum atomic E-state index is 14.3. The van der Waals surface area contributed by atoms with E-state index in [1.807, 2.05) is 26.8 Å². The van der Waals surface area contributed by atoms with Gasteiger partial charge in [0.05, 0.1) is 17.9 Å². The van der Waals surface area contributed by atoms with E-state index in [-0.39, 0.29) is 23.4 Å². The summed E-state index contributed by atoms with van der Waals surface area (Å²) in [7, 11) is 0. The smallest absolute Gasteiger partial charge is 0.411 e. The summed E-state index contributed by atoms with van der Waals surface area (Å²) in [5.41, 5.74) is -2.19. The molecule has 126 valence electrons. The normalized spacial score (nSPS) is 13.8. The third-order valence-electron chi connectivity index (χ3n) is 2.89. The molecule has 0 spiro atoms. The largest absolute Gasteiger partial charge is 0.450 e. The van der Waals surface area contributed by atoms with E-state index in [9.17, 15) is 19.6 Å². The maximum absolute atomic E-state index is 14.3. The molecule has 1 aromatic carbocycles. The number of hydrogen-bond acceptors (Lipinski definition) is 5. The zero-order valence-corrected chi connectivity index (χ0v) is 14.0. The summed E-state index contributed by atoms with van der Waals surface area (Å²) >= 11 is 0. The molecule has 0 aliphatic rings. The minimum Gasteiger partial charge on any atom is -0.450 e. The van der Waals surface area contributed by atoms with Crippen LogP contribution in [0.3, 0.4) is 0 Å². The molecule has 0 saturated heterocycles. The molecule has 0 radical (unpaired) electrons. The van der Waals surface area contributed by atoms with Gasteiger partial charge in [-0.15, -0.1) is 0 Å². The Morgan fingerprint density at radius 1 is 1.39 bits per heavy atom. The Morgan fingerprint density at radius 2 is 2.00 bits per heavy atom. The van der Waals surface area contributed by atoms with Crippen molar-refractivity contribution in [2.45, 2.75) is 45.9 Å². The monoisotopic (exact) mass is 323 g/mol. The summed E-state index contributed by atoms with van der Waals surface area (Å²) in [4.78, 5) is 11.4. The van der Waals surface area contributed by atoms with E-state index < -0.39 is 23.2 Å². The molecule has 0 saturated carbocycles. The second-order valence-corrected chi connectivity index (χ2v) is 6.29. The summed E-state index contributed by atoms with van der Waals surface area (Å²) < 4.78 is 19.0. The Hall–Kier alpha value is -2.17. The fourth-order valence-electron chi connectivity index (χ4n) is 2.17. The number of anilines is 1. The highest BCUT2D eigenvalue weighted by atomic mass is 19.1. The molecule has 1 rings (SSSR count). The minimum atomic E-state index is -1.55. The molecule has 1 atom stereocenters. The molecule has 23 heavy (non-hydrogen) atoms. The molecular formula is C16H22FN3O3. The number of nitriles is 1. The Balaban J connectivity index is 3.24. The van der Waals surface area contributed by atoms with Crippen LogP contribution in [0, 0.1) is 17.1 Å². The van der Waals surface area contributed by atoms with Gasteiger partial charge in [0, 0.05) is 11.1 Å². The van der Waals surface area contributed by atoms with Crippen molar-refractivity contribution < 1.29 is 19.0 Å². The fourth-order valence-corrected chi connectivity index (χ4v) is 2.17. The van der Waals surface area contributed by atoms with Gasteiger partial charge in [-0.1, -0.05) is 0 Å². The minimum absolute atomic E-state index is 0.107. The third-order valence-corrected chi connectivity index (χ3v) is 2.89. The Morgan fingerprint density at radius 3 is 2.48 bits per heavy atom. The first kappa shape index (κ1) is 18.9. The van der Waals surface area contributed by atoms with Crippen LogP contribution in [0.15, 0.2) is 12.1 Å². The number of benzene rings is 1. The van der Waals surface area contributed by atoms with Crippen LogP contribution in [0.5, 0.6) is 0 Å². The number of ether oxygens (including phenoxy) is 1. The van der Waals surface area contributed by atoms with E-state index in [1.54, 1.807) is 6.92 Å². The standard InChI is InChI=1S/C16H22FN3O3/c1-6-23-14(21)19-13-10(9-18)7-11(8-12(13)17)16(5,22)20-15(2,3)4/h7-8,20,22H,6H2,1-5H3,(H,19,21). The second-order valence-electron chi connectivity index (χ2n) is 6.29. The lowest BCUT2D eigenvalue weighted by Crippen LogP contribution is -2.50. The first-order valence-corrected chi connectivity index (χ1v) is 7.19. The van der Waals surface area contributed by atoms with Gasteiger partial charge in [-0.2, -0.15) is 5.26 Å². The van der Waals surface area contributed by atoms with E-state index >= 15 is 0 Å². The topological polar surface area (TPSA) is 94.4 Å². The van der Waals surface area contributed by atoms with Crippen LogP contribution in [-0.4, -0.2) is 23.3 Å². The quantitative estimate of drug-likeness (QED) is 0.741. The Bertz CT molecular complexity index is 631. The fraction of sp³-hybridized carbons (Fsp3) is 0.500. The van der Waals surface area contributed by atoms with Gasteiger partial charge in [0.15, 0.2) is 0 Å². The lowest BCUT2D eigenvalue weighted by Gasteiger charge is -2.34. The predicted octanol–water partition coefficient (Wildman–Crippen LogP) is 2.82. The van der Waals surface area contributed by atoms with Crippen LogP contribution in [0.2, 0.25) is 0 Å². The van der Waals surface area contributed by atoms with Crippen molar-refractivity contribution in [1.29, 1.82) is 5.26 Å². The summed E-state index contributed by atoms with van der Waals surface area (Å²) in [6, 6.07) is 4.20. The van der Waals surface area contributed by atoms with Crippen LogP contribution in [0.4, 0.5) is 14.9 Å². The zero-order valence-electron chi connectivity index (χ0n) is 14.0. The van der Waals surface area contributed by atoms with Crippen LogP contribution in [-0.2, 0) is 10.5 Å². The van der Waals surface area contributed by atoms with Gasteiger partial charge in [0.25, 0.3) is 0 Å². The number of aliphatic hydroxyl groups is 1. The number of nitrogens with zero attached hydrogens (tertiary/aromatic N) is 1. The summed E-state index contributed by atoms with van der Waals surface area (Å²) in [6.45, 7) is 8.74. The van der Waals surface area contributed by atoms with E-state index in [0.29, 0.717) is 0 Å². The highest BCUT2D eigenvalue weighted by Crippen LogP contribution is 2.28. The molecule has 6 nitrogen and oxygen atoms in total. The van der Waals surface area contributed by atoms with Crippen LogP contribution < -0.4 is 10.6 Å². The van der Waals surface area contributed by atoms with Crippen LogP contribution in [0.25, 0.3) is 0 Å². The predicted molar refractivity (Wildman–Crippen MR) is 84.2 cm³/mol. The number of carbonyl (C=O) groups excluding carboxylic acids is 1. The number of halogens is 1.